The highest BCUT2D eigenvalue weighted by Gasteiger charge is 2.24. The molecule has 1 unspecified atom stereocenters. The Bertz CT molecular complexity index is 599. The van der Waals surface area contributed by atoms with Crippen molar-refractivity contribution in [1.82, 2.24) is 24.3 Å². The summed E-state index contributed by atoms with van der Waals surface area (Å²) in [5.41, 5.74) is 1.20. The zero-order valence-electron chi connectivity index (χ0n) is 11.4. The first-order valence-electron chi connectivity index (χ1n) is 5.96. The van der Waals surface area contributed by atoms with Gasteiger partial charge in [0.2, 0.25) is 0 Å². The number of imidazole rings is 1. The Balaban J connectivity index is 2.55. The molecule has 0 aliphatic rings. The summed E-state index contributed by atoms with van der Waals surface area (Å²) < 4.78 is 4.75. The van der Waals surface area contributed by atoms with Gasteiger partial charge in [0.15, 0.2) is 10.6 Å². The van der Waals surface area contributed by atoms with E-state index in [1.54, 1.807) is 6.33 Å². The fourth-order valence-corrected chi connectivity index (χ4v) is 2.44. The number of nitrogens with one attached hydrogen (secondary N) is 1. The van der Waals surface area contributed by atoms with E-state index in [4.69, 9.17) is 12.2 Å². The summed E-state index contributed by atoms with van der Waals surface area (Å²) in [6.07, 6.45) is 3.69. The first-order valence-corrected chi connectivity index (χ1v) is 6.37. The molecule has 2 heterocycles. The molecule has 18 heavy (non-hydrogen) atoms. The van der Waals surface area contributed by atoms with Crippen LogP contribution < -0.4 is 0 Å². The Labute approximate surface area is 112 Å². The van der Waals surface area contributed by atoms with Crippen molar-refractivity contribution in [3.63, 3.8) is 0 Å². The largest absolute Gasteiger partial charge is 0.337 e. The van der Waals surface area contributed by atoms with Gasteiger partial charge in [0.1, 0.15) is 6.33 Å². The fourth-order valence-electron chi connectivity index (χ4n) is 2.13. The van der Waals surface area contributed by atoms with E-state index in [0.717, 1.165) is 10.6 Å². The van der Waals surface area contributed by atoms with E-state index in [2.05, 4.69) is 47.4 Å². The molecule has 2 aromatic heterocycles. The summed E-state index contributed by atoms with van der Waals surface area (Å²) >= 11 is 5.39. The number of hydrogen-bond donors (Lipinski definition) is 1. The van der Waals surface area contributed by atoms with E-state index < -0.39 is 0 Å². The van der Waals surface area contributed by atoms with E-state index in [0.29, 0.717) is 0 Å². The van der Waals surface area contributed by atoms with Crippen LogP contribution in [-0.2, 0) is 12.5 Å². The van der Waals surface area contributed by atoms with Crippen LogP contribution in [-0.4, -0.2) is 24.3 Å². The van der Waals surface area contributed by atoms with Gasteiger partial charge in [0.05, 0.1) is 6.04 Å². The van der Waals surface area contributed by atoms with Crippen molar-refractivity contribution < 1.29 is 0 Å². The number of aryl methyl sites for hydroxylation is 1. The molecule has 0 radical (unpaired) electrons. The van der Waals surface area contributed by atoms with Crippen molar-refractivity contribution >= 4 is 12.2 Å². The molecule has 0 saturated heterocycles. The maximum Gasteiger partial charge on any atom is 0.178 e. The highest BCUT2D eigenvalue weighted by Crippen LogP contribution is 2.27. The molecule has 0 aliphatic heterocycles. The normalized spacial score (nSPS) is 13.8. The average Bonchev–Trinajstić information content (AvgIpc) is 2.82. The van der Waals surface area contributed by atoms with E-state index in [1.807, 2.05) is 17.8 Å². The van der Waals surface area contributed by atoms with Crippen molar-refractivity contribution in [2.75, 3.05) is 0 Å². The molecule has 2 rings (SSSR count). The predicted octanol–water partition coefficient (Wildman–Crippen LogP) is 2.58. The third-order valence-corrected chi connectivity index (χ3v) is 3.40. The first-order chi connectivity index (χ1) is 8.32. The molecule has 1 atom stereocenters. The molecule has 0 aromatic carbocycles. The summed E-state index contributed by atoms with van der Waals surface area (Å²) in [6, 6.07) is 0.0606. The zero-order valence-corrected chi connectivity index (χ0v) is 12.2. The van der Waals surface area contributed by atoms with Crippen molar-refractivity contribution in [2.24, 2.45) is 7.05 Å². The van der Waals surface area contributed by atoms with Gasteiger partial charge in [-0.3, -0.25) is 0 Å². The smallest absolute Gasteiger partial charge is 0.178 e. The van der Waals surface area contributed by atoms with Crippen LogP contribution in [0.3, 0.4) is 0 Å². The maximum absolute atomic E-state index is 5.39. The Morgan fingerprint density at radius 3 is 2.56 bits per heavy atom. The van der Waals surface area contributed by atoms with Crippen LogP contribution in [0.4, 0.5) is 0 Å². The number of nitrogens with zero attached hydrogens (tertiary/aromatic N) is 4. The lowest BCUT2D eigenvalue weighted by molar-refractivity contribution is 0.477. The summed E-state index contributed by atoms with van der Waals surface area (Å²) in [5.74, 6) is 0.899. The zero-order chi connectivity index (χ0) is 13.5. The van der Waals surface area contributed by atoms with E-state index in [-0.39, 0.29) is 11.5 Å². The number of aromatic amines is 1. The van der Waals surface area contributed by atoms with Crippen LogP contribution in [0.1, 0.15) is 45.3 Å². The second-order valence-electron chi connectivity index (χ2n) is 5.58. The third kappa shape index (κ3) is 2.12. The van der Waals surface area contributed by atoms with Crippen molar-refractivity contribution in [3.8, 4) is 0 Å². The van der Waals surface area contributed by atoms with Gasteiger partial charge in [-0.25, -0.2) is 0 Å². The lowest BCUT2D eigenvalue weighted by atomic mass is 9.92. The summed E-state index contributed by atoms with van der Waals surface area (Å²) in [4.78, 5) is 3.13. The number of rotatable bonds is 2. The molecule has 0 aliphatic carbocycles. The van der Waals surface area contributed by atoms with Crippen molar-refractivity contribution in [3.05, 3.63) is 28.8 Å². The number of hydrogen-bond acceptors (Lipinski definition) is 3. The second-order valence-corrected chi connectivity index (χ2v) is 5.96. The van der Waals surface area contributed by atoms with E-state index in [1.165, 1.54) is 5.69 Å². The molecule has 0 amide bonds. The molecule has 0 spiro atoms. The van der Waals surface area contributed by atoms with Crippen LogP contribution in [0.2, 0.25) is 0 Å². The molecule has 0 saturated carbocycles. The summed E-state index contributed by atoms with van der Waals surface area (Å²) in [6.45, 7) is 8.60. The van der Waals surface area contributed by atoms with E-state index >= 15 is 0 Å². The maximum atomic E-state index is 5.39. The quantitative estimate of drug-likeness (QED) is 0.849. The van der Waals surface area contributed by atoms with Crippen LogP contribution >= 0.6 is 12.2 Å². The van der Waals surface area contributed by atoms with Gasteiger partial charge < -0.3 is 14.1 Å². The van der Waals surface area contributed by atoms with E-state index in [9.17, 15) is 0 Å². The average molecular weight is 265 g/mol. The SMILES string of the molecule is CC(c1nncn1C)n1c(C(C)(C)C)c[nH]c1=S. The molecular formula is C12H19N5S. The minimum absolute atomic E-state index is 0.0282. The molecule has 5 nitrogen and oxygen atoms in total. The molecule has 6 heteroatoms. The third-order valence-electron chi connectivity index (χ3n) is 3.09. The summed E-state index contributed by atoms with van der Waals surface area (Å²) in [5, 5.41) is 8.10. The molecule has 2 aromatic rings. The first kappa shape index (κ1) is 13.0. The van der Waals surface area contributed by atoms with Gasteiger partial charge in [0, 0.05) is 24.4 Å². The predicted molar refractivity (Wildman–Crippen MR) is 73.1 cm³/mol. The van der Waals surface area contributed by atoms with Crippen molar-refractivity contribution in [2.45, 2.75) is 39.2 Å². The molecular weight excluding hydrogens is 246 g/mol. The minimum Gasteiger partial charge on any atom is -0.337 e. The monoisotopic (exact) mass is 265 g/mol. The van der Waals surface area contributed by atoms with Gasteiger partial charge in [-0.15, -0.1) is 10.2 Å². The topological polar surface area (TPSA) is 51.4 Å². The van der Waals surface area contributed by atoms with Gasteiger partial charge in [-0.1, -0.05) is 20.8 Å². The van der Waals surface area contributed by atoms with Gasteiger partial charge in [-0.2, -0.15) is 0 Å². The second kappa shape index (κ2) is 4.35. The molecule has 98 valence electrons. The van der Waals surface area contributed by atoms with Crippen LogP contribution in [0.25, 0.3) is 0 Å². The van der Waals surface area contributed by atoms with Crippen LogP contribution in [0.5, 0.6) is 0 Å². The lowest BCUT2D eigenvalue weighted by Crippen LogP contribution is -2.22. The highest BCUT2D eigenvalue weighted by molar-refractivity contribution is 7.71. The van der Waals surface area contributed by atoms with Gasteiger partial charge in [0.25, 0.3) is 0 Å². The van der Waals surface area contributed by atoms with Crippen LogP contribution in [0, 0.1) is 4.77 Å². The fraction of sp³-hybridized carbons (Fsp3) is 0.583. The number of aromatic nitrogens is 5. The van der Waals surface area contributed by atoms with Crippen LogP contribution in [0.15, 0.2) is 12.5 Å². The lowest BCUT2D eigenvalue weighted by Gasteiger charge is -2.24. The number of H-pyrrole nitrogens is 1. The Morgan fingerprint density at radius 2 is 2.06 bits per heavy atom. The van der Waals surface area contributed by atoms with Crippen molar-refractivity contribution in [1.29, 1.82) is 0 Å². The molecule has 0 fully saturated rings. The Morgan fingerprint density at radius 1 is 1.39 bits per heavy atom. The Hall–Kier alpha value is -1.43. The standard InChI is InChI=1S/C12H19N5S/c1-8(10-15-14-7-16(10)5)17-9(12(2,3)4)6-13-11(17)18/h6-8H,1-5H3,(H,13,18). The van der Waals surface area contributed by atoms with Gasteiger partial charge in [-0.05, 0) is 19.1 Å². The Kier molecular flexibility index (Phi) is 3.14. The highest BCUT2D eigenvalue weighted by atomic mass is 32.1. The van der Waals surface area contributed by atoms with Gasteiger partial charge >= 0.3 is 0 Å². The summed E-state index contributed by atoms with van der Waals surface area (Å²) in [7, 11) is 1.94. The molecule has 0 bridgehead atoms. The minimum atomic E-state index is 0.0282. The molecule has 1 N–H and O–H groups in total.